The maximum Gasteiger partial charge on any atom is 0.321 e. The highest BCUT2D eigenvalue weighted by Gasteiger charge is 2.10. The van der Waals surface area contributed by atoms with Crippen LogP contribution in [-0.4, -0.2) is 18.5 Å². The number of hydrogen-bond acceptors (Lipinski definition) is 4. The number of carbonyl (C=O) groups excluding carboxylic acids is 2. The molecule has 0 aliphatic heterocycles. The molecule has 116 valence electrons. The van der Waals surface area contributed by atoms with Gasteiger partial charge in [0.25, 0.3) is 5.91 Å². The number of hydrogen-bond donors (Lipinski definition) is 2. The fourth-order valence-electron chi connectivity index (χ4n) is 1.52. The predicted octanol–water partition coefficient (Wildman–Crippen LogP) is 2.99. The third-order valence-corrected chi connectivity index (χ3v) is 3.04. The molecule has 0 radical (unpaired) electrons. The van der Waals surface area contributed by atoms with Crippen molar-refractivity contribution in [3.8, 4) is 5.75 Å². The monoisotopic (exact) mass is 342 g/mol. The average molecular weight is 343 g/mol. The van der Waals surface area contributed by atoms with Gasteiger partial charge in [0, 0.05) is 5.02 Å². The van der Waals surface area contributed by atoms with E-state index in [1.165, 1.54) is 18.4 Å². The lowest BCUT2D eigenvalue weighted by molar-refractivity contribution is -0.122. The zero-order chi connectivity index (χ0) is 15.9. The summed E-state index contributed by atoms with van der Waals surface area (Å²) in [5.41, 5.74) is 0. The van der Waals surface area contributed by atoms with Crippen molar-refractivity contribution in [3.63, 3.8) is 0 Å². The summed E-state index contributed by atoms with van der Waals surface area (Å²) in [6, 6.07) is 7.36. The maximum absolute atomic E-state index is 11.6. The van der Waals surface area contributed by atoms with Gasteiger partial charge in [0.15, 0.2) is 6.61 Å². The number of benzene rings is 1. The van der Waals surface area contributed by atoms with Crippen LogP contribution >= 0.6 is 23.2 Å². The van der Waals surface area contributed by atoms with Crippen LogP contribution in [0.3, 0.4) is 0 Å². The highest BCUT2D eigenvalue weighted by Crippen LogP contribution is 2.27. The topological polar surface area (TPSA) is 80.6 Å². The molecular formula is C14H12Cl2N2O4. The van der Waals surface area contributed by atoms with Crippen LogP contribution in [0, 0.1) is 0 Å². The van der Waals surface area contributed by atoms with Gasteiger partial charge in [0.2, 0.25) is 0 Å². The number of urea groups is 1. The Balaban J connectivity index is 1.74. The second kappa shape index (κ2) is 7.72. The van der Waals surface area contributed by atoms with Crippen molar-refractivity contribution in [3.05, 3.63) is 52.4 Å². The van der Waals surface area contributed by atoms with Gasteiger partial charge in [-0.3, -0.25) is 10.1 Å². The summed E-state index contributed by atoms with van der Waals surface area (Å²) < 4.78 is 10.2. The van der Waals surface area contributed by atoms with Crippen LogP contribution in [0.25, 0.3) is 0 Å². The van der Waals surface area contributed by atoms with Crippen molar-refractivity contribution in [1.29, 1.82) is 0 Å². The SMILES string of the molecule is O=C(COc1ccc(Cl)cc1Cl)NC(=O)NCc1ccco1. The molecule has 2 N–H and O–H groups in total. The zero-order valence-electron chi connectivity index (χ0n) is 11.3. The largest absolute Gasteiger partial charge is 0.482 e. The van der Waals surface area contributed by atoms with Crippen LogP contribution < -0.4 is 15.4 Å². The molecular weight excluding hydrogens is 331 g/mol. The zero-order valence-corrected chi connectivity index (χ0v) is 12.8. The summed E-state index contributed by atoms with van der Waals surface area (Å²) in [6.07, 6.45) is 1.49. The Hall–Kier alpha value is -2.18. The average Bonchev–Trinajstić information content (AvgIpc) is 2.97. The Morgan fingerprint density at radius 2 is 2.05 bits per heavy atom. The molecule has 22 heavy (non-hydrogen) atoms. The molecule has 3 amide bonds. The Labute approximate surface area is 136 Å². The number of imide groups is 1. The standard InChI is InChI=1S/C14H12Cl2N2O4/c15-9-3-4-12(11(16)6-9)22-8-13(19)18-14(20)17-7-10-2-1-5-21-10/h1-6H,7-8H2,(H2,17,18,19,20). The number of furan rings is 1. The predicted molar refractivity (Wildman–Crippen MR) is 81.0 cm³/mol. The number of rotatable bonds is 5. The van der Waals surface area contributed by atoms with Crippen molar-refractivity contribution in [2.75, 3.05) is 6.61 Å². The van der Waals surface area contributed by atoms with Crippen molar-refractivity contribution in [2.45, 2.75) is 6.54 Å². The minimum Gasteiger partial charge on any atom is -0.482 e. The molecule has 0 atom stereocenters. The molecule has 1 aromatic heterocycles. The number of nitrogens with one attached hydrogen (secondary N) is 2. The van der Waals surface area contributed by atoms with E-state index in [1.54, 1.807) is 18.2 Å². The van der Waals surface area contributed by atoms with Gasteiger partial charge in [-0.15, -0.1) is 0 Å². The van der Waals surface area contributed by atoms with Crippen LogP contribution in [0.15, 0.2) is 41.0 Å². The third-order valence-electron chi connectivity index (χ3n) is 2.51. The van der Waals surface area contributed by atoms with Crippen LogP contribution in [0.1, 0.15) is 5.76 Å². The normalized spacial score (nSPS) is 10.1. The third kappa shape index (κ3) is 4.98. The first-order valence-corrected chi connectivity index (χ1v) is 6.98. The van der Waals surface area contributed by atoms with Gasteiger partial charge in [-0.1, -0.05) is 23.2 Å². The molecule has 0 spiro atoms. The summed E-state index contributed by atoms with van der Waals surface area (Å²) in [5.74, 6) is 0.270. The lowest BCUT2D eigenvalue weighted by Gasteiger charge is -2.08. The molecule has 8 heteroatoms. The summed E-state index contributed by atoms with van der Waals surface area (Å²) in [6.45, 7) is -0.175. The maximum atomic E-state index is 11.6. The fourth-order valence-corrected chi connectivity index (χ4v) is 1.99. The smallest absolute Gasteiger partial charge is 0.321 e. The van der Waals surface area contributed by atoms with E-state index < -0.39 is 11.9 Å². The first-order valence-electron chi connectivity index (χ1n) is 6.22. The number of amides is 3. The van der Waals surface area contributed by atoms with Gasteiger partial charge >= 0.3 is 6.03 Å². The molecule has 0 unspecified atom stereocenters. The molecule has 0 fully saturated rings. The Morgan fingerprint density at radius 1 is 1.23 bits per heavy atom. The van der Waals surface area contributed by atoms with E-state index in [9.17, 15) is 9.59 Å². The lowest BCUT2D eigenvalue weighted by Crippen LogP contribution is -2.41. The Bertz CT molecular complexity index is 659. The lowest BCUT2D eigenvalue weighted by atomic mass is 10.3. The summed E-state index contributed by atoms with van der Waals surface area (Å²) in [7, 11) is 0. The van der Waals surface area contributed by atoms with E-state index in [0.29, 0.717) is 16.5 Å². The minimum absolute atomic E-state index is 0.177. The molecule has 2 aromatic rings. The molecule has 0 saturated carbocycles. The molecule has 0 aliphatic rings. The van der Waals surface area contributed by atoms with E-state index in [1.807, 2.05) is 0 Å². The van der Waals surface area contributed by atoms with Crippen molar-refractivity contribution in [1.82, 2.24) is 10.6 Å². The molecule has 0 saturated heterocycles. The van der Waals surface area contributed by atoms with Gasteiger partial charge in [-0.25, -0.2) is 4.79 Å². The van der Waals surface area contributed by atoms with Gasteiger partial charge < -0.3 is 14.5 Å². The number of halogens is 2. The first kappa shape index (κ1) is 16.2. The highest BCUT2D eigenvalue weighted by atomic mass is 35.5. The van der Waals surface area contributed by atoms with Crippen LogP contribution in [0.4, 0.5) is 4.79 Å². The Kier molecular flexibility index (Phi) is 5.68. The van der Waals surface area contributed by atoms with Crippen LogP contribution in [-0.2, 0) is 11.3 Å². The molecule has 1 aromatic carbocycles. The van der Waals surface area contributed by atoms with Gasteiger partial charge in [0.05, 0.1) is 17.8 Å². The molecule has 2 rings (SSSR count). The van der Waals surface area contributed by atoms with Crippen molar-refractivity contribution < 1.29 is 18.7 Å². The fraction of sp³-hybridized carbons (Fsp3) is 0.143. The summed E-state index contributed by atoms with van der Waals surface area (Å²) in [4.78, 5) is 23.1. The van der Waals surface area contributed by atoms with E-state index in [2.05, 4.69) is 10.6 Å². The van der Waals surface area contributed by atoms with Crippen LogP contribution in [0.2, 0.25) is 10.0 Å². The summed E-state index contributed by atoms with van der Waals surface area (Å²) in [5, 5.41) is 5.33. The summed E-state index contributed by atoms with van der Waals surface area (Å²) >= 11 is 11.6. The van der Waals surface area contributed by atoms with Crippen LogP contribution in [0.5, 0.6) is 5.75 Å². The Morgan fingerprint density at radius 3 is 2.73 bits per heavy atom. The molecule has 0 bridgehead atoms. The molecule has 0 aliphatic carbocycles. The molecule has 6 nitrogen and oxygen atoms in total. The number of carbonyl (C=O) groups is 2. The van der Waals surface area contributed by atoms with E-state index >= 15 is 0 Å². The number of ether oxygens (including phenoxy) is 1. The van der Waals surface area contributed by atoms with Gasteiger partial charge in [-0.2, -0.15) is 0 Å². The van der Waals surface area contributed by atoms with E-state index in [4.69, 9.17) is 32.4 Å². The van der Waals surface area contributed by atoms with Crippen molar-refractivity contribution >= 4 is 35.1 Å². The van der Waals surface area contributed by atoms with E-state index in [0.717, 1.165) is 0 Å². The first-order chi connectivity index (χ1) is 10.5. The second-order valence-corrected chi connectivity index (χ2v) is 5.02. The van der Waals surface area contributed by atoms with Gasteiger partial charge in [0.1, 0.15) is 11.5 Å². The van der Waals surface area contributed by atoms with Crippen molar-refractivity contribution in [2.24, 2.45) is 0 Å². The highest BCUT2D eigenvalue weighted by molar-refractivity contribution is 6.35. The minimum atomic E-state index is -0.646. The van der Waals surface area contributed by atoms with Gasteiger partial charge in [-0.05, 0) is 30.3 Å². The quantitative estimate of drug-likeness (QED) is 0.875. The molecule has 1 heterocycles. The van der Waals surface area contributed by atoms with E-state index in [-0.39, 0.29) is 18.2 Å². The second-order valence-electron chi connectivity index (χ2n) is 4.17.